The van der Waals surface area contributed by atoms with Gasteiger partial charge in [-0.3, -0.25) is 39.5 Å². The molecule has 0 atom stereocenters. The first-order valence-corrected chi connectivity index (χ1v) is 11.9. The van der Waals surface area contributed by atoms with Gasteiger partial charge in [-0.05, 0) is 53.7 Å². The predicted molar refractivity (Wildman–Crippen MR) is 141 cm³/mol. The molecule has 3 aromatic carbocycles. The lowest BCUT2D eigenvalue weighted by molar-refractivity contribution is -0.394. The molecular formula is C25H18N4O9S. The van der Waals surface area contributed by atoms with E-state index >= 15 is 0 Å². The molecule has 3 aromatic rings. The smallest absolute Gasteiger partial charge is 0.318 e. The lowest BCUT2D eigenvalue weighted by atomic mass is 10.2. The number of thioether (sulfide) groups is 1. The number of methoxy groups -OCH3 is 1. The van der Waals surface area contributed by atoms with Gasteiger partial charge in [0.15, 0.2) is 0 Å². The molecule has 1 aliphatic rings. The Balaban J connectivity index is 1.43. The molecule has 39 heavy (non-hydrogen) atoms. The van der Waals surface area contributed by atoms with Crippen molar-refractivity contribution in [3.05, 3.63) is 97.4 Å². The maximum atomic E-state index is 12.8. The van der Waals surface area contributed by atoms with Gasteiger partial charge in [0.1, 0.15) is 18.0 Å². The van der Waals surface area contributed by atoms with Crippen molar-refractivity contribution in [2.45, 2.75) is 0 Å². The summed E-state index contributed by atoms with van der Waals surface area (Å²) in [6.07, 6.45) is 1.46. The van der Waals surface area contributed by atoms with E-state index in [4.69, 9.17) is 9.47 Å². The second-order valence-corrected chi connectivity index (χ2v) is 8.85. The lowest BCUT2D eigenvalue weighted by Gasteiger charge is -2.14. The summed E-state index contributed by atoms with van der Waals surface area (Å²) >= 11 is 0.681. The van der Waals surface area contributed by atoms with Crippen LogP contribution < -0.4 is 14.8 Å². The molecule has 3 amide bonds. The quantitative estimate of drug-likeness (QED) is 0.218. The highest BCUT2D eigenvalue weighted by atomic mass is 32.2. The van der Waals surface area contributed by atoms with Crippen molar-refractivity contribution in [2.24, 2.45) is 0 Å². The highest BCUT2D eigenvalue weighted by molar-refractivity contribution is 8.18. The second kappa shape index (κ2) is 11.4. The fourth-order valence-electron chi connectivity index (χ4n) is 3.48. The van der Waals surface area contributed by atoms with Crippen LogP contribution in [0.4, 0.5) is 21.9 Å². The van der Waals surface area contributed by atoms with Crippen LogP contribution in [0.5, 0.6) is 17.2 Å². The Morgan fingerprint density at radius 3 is 2.38 bits per heavy atom. The molecule has 0 unspecified atom stereocenters. The highest BCUT2D eigenvalue weighted by Crippen LogP contribution is 2.35. The average Bonchev–Trinajstić information content (AvgIpc) is 3.17. The second-order valence-electron chi connectivity index (χ2n) is 7.85. The minimum Gasteiger partial charge on any atom is -0.495 e. The van der Waals surface area contributed by atoms with Crippen LogP contribution in [0.3, 0.4) is 0 Å². The first-order chi connectivity index (χ1) is 18.7. The maximum Gasteiger partial charge on any atom is 0.318 e. The molecule has 1 saturated heterocycles. The van der Waals surface area contributed by atoms with Crippen molar-refractivity contribution in [3.8, 4) is 17.2 Å². The number of carbonyl (C=O) groups is 3. The third-order valence-electron chi connectivity index (χ3n) is 5.31. The zero-order chi connectivity index (χ0) is 28.1. The molecule has 0 radical (unpaired) electrons. The maximum absolute atomic E-state index is 12.8. The van der Waals surface area contributed by atoms with Crippen LogP contribution in [-0.4, -0.2) is 45.5 Å². The zero-order valence-electron chi connectivity index (χ0n) is 20.1. The Hall–Kier alpha value is -5.24. The Bertz CT molecular complexity index is 1520. The molecule has 198 valence electrons. The van der Waals surface area contributed by atoms with Gasteiger partial charge in [-0.15, -0.1) is 0 Å². The minimum atomic E-state index is -0.788. The van der Waals surface area contributed by atoms with E-state index in [2.05, 4.69) is 5.32 Å². The van der Waals surface area contributed by atoms with Gasteiger partial charge >= 0.3 is 5.69 Å². The third kappa shape index (κ3) is 6.19. The number of anilines is 1. The number of carbonyl (C=O) groups excluding carboxylic acids is 3. The summed E-state index contributed by atoms with van der Waals surface area (Å²) in [4.78, 5) is 59.3. The monoisotopic (exact) mass is 550 g/mol. The number of rotatable bonds is 9. The van der Waals surface area contributed by atoms with E-state index in [1.54, 1.807) is 36.4 Å². The molecule has 13 nitrogen and oxygen atoms in total. The SMILES string of the molecule is COc1ccccc1NC(=O)CN1C(=O)S/C(=C/c2ccc(Oc3ccc([N+](=O)[O-])cc3[N+](=O)[O-])cc2)C1=O. The minimum absolute atomic E-state index is 0.102. The van der Waals surface area contributed by atoms with Gasteiger partial charge in [-0.25, -0.2) is 0 Å². The van der Waals surface area contributed by atoms with E-state index in [9.17, 15) is 34.6 Å². The molecule has 14 heteroatoms. The van der Waals surface area contributed by atoms with E-state index in [-0.39, 0.29) is 16.4 Å². The third-order valence-corrected chi connectivity index (χ3v) is 6.22. The predicted octanol–water partition coefficient (Wildman–Crippen LogP) is 4.98. The van der Waals surface area contributed by atoms with Gasteiger partial charge in [0.25, 0.3) is 16.8 Å². The molecule has 4 rings (SSSR count). The van der Waals surface area contributed by atoms with Gasteiger partial charge in [-0.1, -0.05) is 24.3 Å². The van der Waals surface area contributed by atoms with Gasteiger partial charge in [0.2, 0.25) is 11.7 Å². The fraction of sp³-hybridized carbons (Fsp3) is 0.0800. The number of nitro groups is 2. The molecule has 1 heterocycles. The van der Waals surface area contributed by atoms with Crippen molar-refractivity contribution < 1.29 is 33.7 Å². The largest absolute Gasteiger partial charge is 0.495 e. The molecule has 0 spiro atoms. The van der Waals surface area contributed by atoms with Crippen molar-refractivity contribution in [3.63, 3.8) is 0 Å². The van der Waals surface area contributed by atoms with E-state index in [0.717, 1.165) is 23.1 Å². The van der Waals surface area contributed by atoms with E-state index in [1.807, 2.05) is 0 Å². The molecule has 0 bridgehead atoms. The van der Waals surface area contributed by atoms with E-state index < -0.39 is 44.8 Å². The number of imide groups is 1. The standard InChI is InChI=1S/C25H18N4O9S/c1-37-20-5-3-2-4-18(20)26-23(30)14-27-24(31)22(39-25(27)32)12-15-6-9-17(10-7-15)38-21-11-8-16(28(33)34)13-19(21)29(35)36/h2-13H,14H2,1H3,(H,26,30)/b22-12+. The highest BCUT2D eigenvalue weighted by Gasteiger charge is 2.36. The Morgan fingerprint density at radius 2 is 1.72 bits per heavy atom. The Kier molecular flexibility index (Phi) is 7.86. The number of non-ortho nitro benzene ring substituents is 1. The van der Waals surface area contributed by atoms with Gasteiger partial charge in [0.05, 0.1) is 33.6 Å². The van der Waals surface area contributed by atoms with E-state index in [1.165, 1.54) is 25.3 Å². The number of benzene rings is 3. The average molecular weight is 551 g/mol. The number of ether oxygens (including phenoxy) is 2. The molecule has 0 saturated carbocycles. The van der Waals surface area contributed by atoms with Crippen LogP contribution in [-0.2, 0) is 9.59 Å². The van der Waals surface area contributed by atoms with Crippen molar-refractivity contribution in [1.29, 1.82) is 0 Å². The van der Waals surface area contributed by atoms with Crippen LogP contribution in [0.2, 0.25) is 0 Å². The van der Waals surface area contributed by atoms with E-state index in [0.29, 0.717) is 28.8 Å². The van der Waals surface area contributed by atoms with Crippen molar-refractivity contribution in [2.75, 3.05) is 19.0 Å². The van der Waals surface area contributed by atoms with Crippen LogP contribution in [0, 0.1) is 20.2 Å². The number of para-hydroxylation sites is 2. The molecule has 1 N–H and O–H groups in total. The normalized spacial score (nSPS) is 13.9. The zero-order valence-corrected chi connectivity index (χ0v) is 20.9. The van der Waals surface area contributed by atoms with Gasteiger partial charge < -0.3 is 14.8 Å². The molecule has 1 aliphatic heterocycles. The summed E-state index contributed by atoms with van der Waals surface area (Å²) < 4.78 is 10.7. The lowest BCUT2D eigenvalue weighted by Crippen LogP contribution is -2.36. The molecular weight excluding hydrogens is 532 g/mol. The van der Waals surface area contributed by atoms with Gasteiger partial charge in [0, 0.05) is 6.07 Å². The Morgan fingerprint density at radius 1 is 1.00 bits per heavy atom. The van der Waals surface area contributed by atoms with Crippen molar-refractivity contribution >= 4 is 52.0 Å². The fourth-order valence-corrected chi connectivity index (χ4v) is 4.31. The topological polar surface area (TPSA) is 171 Å². The summed E-state index contributed by atoms with van der Waals surface area (Å²) in [5.74, 6) is -0.779. The summed E-state index contributed by atoms with van der Waals surface area (Å²) in [7, 11) is 1.45. The Labute approximate surface area is 224 Å². The molecule has 0 aliphatic carbocycles. The van der Waals surface area contributed by atoms with Crippen molar-refractivity contribution in [1.82, 2.24) is 4.90 Å². The number of hydrogen-bond acceptors (Lipinski definition) is 10. The number of nitrogens with zero attached hydrogens (tertiary/aromatic N) is 3. The van der Waals surface area contributed by atoms with Crippen LogP contribution in [0.25, 0.3) is 6.08 Å². The number of hydrogen-bond donors (Lipinski definition) is 1. The first kappa shape index (κ1) is 26.8. The number of nitrogens with one attached hydrogen (secondary N) is 1. The van der Waals surface area contributed by atoms with Gasteiger partial charge in [-0.2, -0.15) is 0 Å². The number of nitro benzene ring substituents is 2. The van der Waals surface area contributed by atoms with Crippen LogP contribution in [0.15, 0.2) is 71.6 Å². The summed E-state index contributed by atoms with van der Waals surface area (Å²) in [6, 6.07) is 15.8. The molecule has 0 aromatic heterocycles. The molecule has 1 fully saturated rings. The first-order valence-electron chi connectivity index (χ1n) is 11.0. The summed E-state index contributed by atoms with van der Waals surface area (Å²) in [5, 5.41) is 24.2. The van der Waals surface area contributed by atoms with Crippen LogP contribution >= 0.6 is 11.8 Å². The summed E-state index contributed by atoms with van der Waals surface area (Å²) in [5.41, 5.74) is -0.106. The number of amides is 3. The summed E-state index contributed by atoms with van der Waals surface area (Å²) in [6.45, 7) is -0.485. The van der Waals surface area contributed by atoms with Crippen LogP contribution in [0.1, 0.15) is 5.56 Å².